The average Bonchev–Trinajstić information content (AvgIpc) is 3.57. The molecule has 2 saturated heterocycles. The number of ether oxygens (including phenoxy) is 2. The van der Waals surface area contributed by atoms with E-state index in [0.29, 0.717) is 47.7 Å². The van der Waals surface area contributed by atoms with Crippen molar-refractivity contribution >= 4 is 49.8 Å². The van der Waals surface area contributed by atoms with E-state index in [4.69, 9.17) is 9.47 Å². The maximum atomic E-state index is 13.2. The van der Waals surface area contributed by atoms with Crippen molar-refractivity contribution in [1.29, 1.82) is 5.26 Å². The number of amides is 1. The first-order valence-electron chi connectivity index (χ1n) is 14.4. The Morgan fingerprint density at radius 2 is 1.82 bits per heavy atom. The fourth-order valence-electron chi connectivity index (χ4n) is 5.08. The zero-order valence-corrected chi connectivity index (χ0v) is 24.9. The summed E-state index contributed by atoms with van der Waals surface area (Å²) >= 11 is 0. The summed E-state index contributed by atoms with van der Waals surface area (Å²) in [5.74, 6) is 0.250. The normalized spacial score (nSPS) is 16.5. The van der Waals surface area contributed by atoms with Gasteiger partial charge in [0.2, 0.25) is 11.9 Å². The summed E-state index contributed by atoms with van der Waals surface area (Å²) in [4.78, 5) is 26.3. The molecule has 2 fully saturated rings. The van der Waals surface area contributed by atoms with Crippen LogP contribution in [-0.4, -0.2) is 61.7 Å². The molecular formula is C31H30N8O5S. The lowest BCUT2D eigenvalue weighted by atomic mass is 10.0. The summed E-state index contributed by atoms with van der Waals surface area (Å²) in [6.07, 6.45) is 7.77. The van der Waals surface area contributed by atoms with E-state index in [1.54, 1.807) is 36.4 Å². The number of pyridine rings is 1. The summed E-state index contributed by atoms with van der Waals surface area (Å²) in [5.41, 5.74) is 2.56. The van der Waals surface area contributed by atoms with Gasteiger partial charge in [-0.1, -0.05) is 23.8 Å². The first kappa shape index (κ1) is 29.9. The third-order valence-corrected chi connectivity index (χ3v) is 8.72. The minimum Gasteiger partial charge on any atom is -0.486 e. The van der Waals surface area contributed by atoms with Gasteiger partial charge in [0.15, 0.2) is 0 Å². The molecule has 4 heterocycles. The van der Waals surface area contributed by atoms with Crippen LogP contribution >= 0.6 is 0 Å². The highest BCUT2D eigenvalue weighted by atomic mass is 32.2. The first-order valence-corrected chi connectivity index (χ1v) is 15.9. The molecular weight excluding hydrogens is 596 g/mol. The number of nitriles is 1. The molecule has 4 N–H and O–H groups in total. The third-order valence-electron chi connectivity index (χ3n) is 7.33. The monoisotopic (exact) mass is 626 g/mol. The van der Waals surface area contributed by atoms with Gasteiger partial charge in [-0.25, -0.2) is 18.4 Å². The molecule has 0 spiro atoms. The molecule has 6 rings (SSSR count). The van der Waals surface area contributed by atoms with E-state index in [2.05, 4.69) is 41.7 Å². The van der Waals surface area contributed by atoms with Crippen LogP contribution in [0.25, 0.3) is 10.9 Å². The lowest BCUT2D eigenvalue weighted by molar-refractivity contribution is -0.112. The van der Waals surface area contributed by atoms with Crippen LogP contribution in [0.1, 0.15) is 24.8 Å². The molecule has 14 heteroatoms. The number of benzene rings is 2. The quantitative estimate of drug-likeness (QED) is 0.198. The van der Waals surface area contributed by atoms with Crippen LogP contribution in [0.4, 0.5) is 23.0 Å². The Hall–Kier alpha value is -5.10. The van der Waals surface area contributed by atoms with Crippen molar-refractivity contribution in [1.82, 2.24) is 20.3 Å². The fraction of sp³-hybridized carbons (Fsp3) is 0.258. The Kier molecular flexibility index (Phi) is 8.83. The van der Waals surface area contributed by atoms with Crippen molar-refractivity contribution < 1.29 is 22.7 Å². The molecule has 45 heavy (non-hydrogen) atoms. The van der Waals surface area contributed by atoms with Crippen LogP contribution < -0.4 is 25.4 Å². The molecule has 2 aliphatic rings. The van der Waals surface area contributed by atoms with Crippen LogP contribution in [0.5, 0.6) is 5.75 Å². The van der Waals surface area contributed by atoms with Gasteiger partial charge in [-0.2, -0.15) is 5.26 Å². The second-order valence-corrected chi connectivity index (χ2v) is 12.2. The van der Waals surface area contributed by atoms with Gasteiger partial charge in [-0.05, 0) is 50.2 Å². The SMILES string of the molecule is N#Cc1cnc2c(NC(=O)C=C3CCNCC3)c(OC3CCOC3)ccc2c1Nc1ncc(NS(=O)(=O)c2ccccc2)cn1. The molecule has 0 bridgehead atoms. The number of rotatable bonds is 9. The lowest BCUT2D eigenvalue weighted by Crippen LogP contribution is -2.24. The van der Waals surface area contributed by atoms with E-state index >= 15 is 0 Å². The van der Waals surface area contributed by atoms with E-state index < -0.39 is 10.0 Å². The van der Waals surface area contributed by atoms with Crippen LogP contribution in [0.3, 0.4) is 0 Å². The van der Waals surface area contributed by atoms with Crippen molar-refractivity contribution in [2.45, 2.75) is 30.3 Å². The summed E-state index contributed by atoms with van der Waals surface area (Å²) in [6, 6.07) is 13.6. The predicted octanol–water partition coefficient (Wildman–Crippen LogP) is 3.86. The number of sulfonamides is 1. The highest BCUT2D eigenvalue weighted by molar-refractivity contribution is 7.92. The second kappa shape index (κ2) is 13.3. The second-order valence-electron chi connectivity index (χ2n) is 10.5. The molecule has 1 unspecified atom stereocenters. The topological polar surface area (TPSA) is 180 Å². The number of piperidine rings is 1. The number of fused-ring (bicyclic) bond motifs is 1. The van der Waals surface area contributed by atoms with E-state index in [1.165, 1.54) is 30.7 Å². The minimum absolute atomic E-state index is 0.104. The van der Waals surface area contributed by atoms with Crippen LogP contribution in [0, 0.1) is 11.3 Å². The van der Waals surface area contributed by atoms with Gasteiger partial charge in [-0.15, -0.1) is 0 Å². The fourth-order valence-corrected chi connectivity index (χ4v) is 6.13. The molecule has 13 nitrogen and oxygen atoms in total. The summed E-state index contributed by atoms with van der Waals surface area (Å²) < 4.78 is 39.5. The molecule has 1 atom stereocenters. The van der Waals surface area contributed by atoms with E-state index in [-0.39, 0.29) is 34.1 Å². The van der Waals surface area contributed by atoms with Crippen molar-refractivity contribution in [3.05, 3.63) is 78.3 Å². The van der Waals surface area contributed by atoms with Gasteiger partial charge in [0.25, 0.3) is 10.0 Å². The highest BCUT2D eigenvalue weighted by Gasteiger charge is 2.23. The van der Waals surface area contributed by atoms with Gasteiger partial charge in [0, 0.05) is 24.1 Å². The zero-order valence-electron chi connectivity index (χ0n) is 24.1. The maximum absolute atomic E-state index is 13.2. The molecule has 2 aliphatic heterocycles. The Labute approximate surface area is 259 Å². The summed E-state index contributed by atoms with van der Waals surface area (Å²) in [5, 5.41) is 19.8. The van der Waals surface area contributed by atoms with Gasteiger partial charge in [0.05, 0.1) is 53.0 Å². The number of carbonyl (C=O) groups is 1. The summed E-state index contributed by atoms with van der Waals surface area (Å²) in [6.45, 7) is 2.66. The Morgan fingerprint density at radius 3 is 2.53 bits per heavy atom. The van der Waals surface area contributed by atoms with E-state index in [1.807, 2.05) is 0 Å². The van der Waals surface area contributed by atoms with Crippen molar-refractivity contribution in [3.8, 4) is 11.8 Å². The van der Waals surface area contributed by atoms with Crippen LogP contribution in [0.2, 0.25) is 0 Å². The number of nitrogens with one attached hydrogen (secondary N) is 4. The highest BCUT2D eigenvalue weighted by Crippen LogP contribution is 2.38. The third kappa shape index (κ3) is 7.01. The van der Waals surface area contributed by atoms with Gasteiger partial charge >= 0.3 is 0 Å². The number of aromatic nitrogens is 3. The molecule has 0 radical (unpaired) electrons. The number of hydrogen-bond acceptors (Lipinski definition) is 11. The molecule has 0 aliphatic carbocycles. The average molecular weight is 627 g/mol. The molecule has 0 saturated carbocycles. The molecule has 2 aromatic heterocycles. The zero-order chi connectivity index (χ0) is 31.2. The molecule has 230 valence electrons. The van der Waals surface area contributed by atoms with Crippen LogP contribution in [0.15, 0.2) is 77.6 Å². The predicted molar refractivity (Wildman–Crippen MR) is 168 cm³/mol. The van der Waals surface area contributed by atoms with Gasteiger partial charge in [0.1, 0.15) is 23.6 Å². The lowest BCUT2D eigenvalue weighted by Gasteiger charge is -2.19. The smallest absolute Gasteiger partial charge is 0.261 e. The van der Waals surface area contributed by atoms with E-state index in [0.717, 1.165) is 31.5 Å². The molecule has 2 aromatic carbocycles. The van der Waals surface area contributed by atoms with Gasteiger partial charge < -0.3 is 25.4 Å². The van der Waals surface area contributed by atoms with Crippen molar-refractivity contribution in [2.75, 3.05) is 41.7 Å². The number of hydrogen-bond donors (Lipinski definition) is 4. The largest absolute Gasteiger partial charge is 0.486 e. The van der Waals surface area contributed by atoms with Crippen LogP contribution in [-0.2, 0) is 19.6 Å². The number of nitrogens with zero attached hydrogens (tertiary/aromatic N) is 4. The van der Waals surface area contributed by atoms with E-state index in [9.17, 15) is 18.5 Å². The van der Waals surface area contributed by atoms with Gasteiger partial charge in [-0.3, -0.25) is 14.5 Å². The number of anilines is 4. The minimum atomic E-state index is -3.82. The molecule has 4 aromatic rings. The van der Waals surface area contributed by atoms with Crippen molar-refractivity contribution in [3.63, 3.8) is 0 Å². The maximum Gasteiger partial charge on any atom is 0.261 e. The number of carbonyl (C=O) groups excluding carboxylic acids is 1. The Balaban J connectivity index is 1.31. The Bertz CT molecular complexity index is 1880. The standard InChI is InChI=1S/C31H30N8O5S/c32-15-21-16-34-29-25(28(21)38-31-35-17-22(18-36-31)39-45(41,42)24-4-2-1-3-5-24)6-7-26(44-23-10-13-43-19-23)30(29)37-27(40)14-20-8-11-33-12-9-20/h1-7,14,16-18,23,33,39H,8-13,19H2,(H,37,40)(H,34,35,36,38). The molecule has 1 amide bonds. The first-order chi connectivity index (χ1) is 21.9. The van der Waals surface area contributed by atoms with Crippen molar-refractivity contribution in [2.24, 2.45) is 0 Å². The summed E-state index contributed by atoms with van der Waals surface area (Å²) in [7, 11) is -3.82. The Morgan fingerprint density at radius 1 is 1.04 bits per heavy atom.